The van der Waals surface area contributed by atoms with Gasteiger partial charge in [-0.2, -0.15) is 0 Å². The molecule has 2 rings (SSSR count). The quantitative estimate of drug-likeness (QED) is 0.854. The zero-order valence-corrected chi connectivity index (χ0v) is 12.0. The van der Waals surface area contributed by atoms with E-state index >= 15 is 0 Å². The van der Waals surface area contributed by atoms with Gasteiger partial charge in [-0.25, -0.2) is 0 Å². The summed E-state index contributed by atoms with van der Waals surface area (Å²) < 4.78 is 5.71. The van der Waals surface area contributed by atoms with Crippen LogP contribution in [0.15, 0.2) is 24.3 Å². The Morgan fingerprint density at radius 2 is 1.79 bits per heavy atom. The molecule has 1 aliphatic heterocycles. The largest absolute Gasteiger partial charge is 0.377 e. The minimum Gasteiger partial charge on any atom is -0.377 e. The summed E-state index contributed by atoms with van der Waals surface area (Å²) in [6.45, 7) is 6.84. The normalized spacial score (nSPS) is 17.8. The first-order valence-corrected chi connectivity index (χ1v) is 7.43. The van der Waals surface area contributed by atoms with Gasteiger partial charge < -0.3 is 10.5 Å². The molecule has 2 N–H and O–H groups in total. The van der Waals surface area contributed by atoms with Gasteiger partial charge in [0.25, 0.3) is 0 Å². The molecule has 19 heavy (non-hydrogen) atoms. The molecule has 1 aromatic rings. The fraction of sp³-hybridized carbons (Fsp3) is 0.625. The lowest BCUT2D eigenvalue weighted by molar-refractivity contribution is 0.00979. The number of piperidine rings is 1. The molecule has 1 heterocycles. The zero-order chi connectivity index (χ0) is 13.5. The molecule has 3 heteroatoms. The Kier molecular flexibility index (Phi) is 5.83. The third-order valence-electron chi connectivity index (χ3n) is 3.84. The molecule has 0 saturated carbocycles. The number of aryl methyl sites for hydroxylation is 1. The summed E-state index contributed by atoms with van der Waals surface area (Å²) in [5.74, 6) is 0. The third-order valence-corrected chi connectivity index (χ3v) is 3.84. The van der Waals surface area contributed by atoms with Crippen LogP contribution in [0.3, 0.4) is 0 Å². The molecule has 0 aliphatic carbocycles. The molecule has 0 radical (unpaired) electrons. The lowest BCUT2D eigenvalue weighted by atomic mass is 10.1. The monoisotopic (exact) mass is 262 g/mol. The number of likely N-dealkylation sites (tertiary alicyclic amines) is 1. The Bertz CT molecular complexity index is 356. The predicted molar refractivity (Wildman–Crippen MR) is 79.1 cm³/mol. The summed E-state index contributed by atoms with van der Waals surface area (Å²) in [6, 6.07) is 9.00. The van der Waals surface area contributed by atoms with Gasteiger partial charge in [0.15, 0.2) is 0 Å². The van der Waals surface area contributed by atoms with Crippen LogP contribution in [0.2, 0.25) is 0 Å². The predicted octanol–water partition coefficient (Wildman–Crippen LogP) is 2.19. The summed E-state index contributed by atoms with van der Waals surface area (Å²) in [6.07, 6.45) is 3.80. The Balaban J connectivity index is 1.75. The van der Waals surface area contributed by atoms with E-state index in [2.05, 4.69) is 36.1 Å². The fourth-order valence-electron chi connectivity index (χ4n) is 2.61. The van der Waals surface area contributed by atoms with Crippen molar-refractivity contribution in [3.8, 4) is 0 Å². The number of hydrogen-bond acceptors (Lipinski definition) is 3. The van der Waals surface area contributed by atoms with Gasteiger partial charge in [-0.3, -0.25) is 4.90 Å². The van der Waals surface area contributed by atoms with Crippen molar-refractivity contribution in [2.75, 3.05) is 26.2 Å². The van der Waals surface area contributed by atoms with Crippen molar-refractivity contribution in [2.45, 2.75) is 38.8 Å². The van der Waals surface area contributed by atoms with E-state index in [1.165, 1.54) is 11.1 Å². The summed E-state index contributed by atoms with van der Waals surface area (Å²) >= 11 is 0. The number of nitrogens with two attached hydrogens (primary N) is 1. The molecule has 0 atom stereocenters. The van der Waals surface area contributed by atoms with E-state index in [4.69, 9.17) is 10.5 Å². The highest BCUT2D eigenvalue weighted by Gasteiger charge is 2.19. The zero-order valence-electron chi connectivity index (χ0n) is 12.0. The van der Waals surface area contributed by atoms with Crippen LogP contribution in [-0.2, 0) is 17.7 Å². The maximum atomic E-state index is 5.71. The van der Waals surface area contributed by atoms with Gasteiger partial charge in [0, 0.05) is 26.2 Å². The molecule has 0 bridgehead atoms. The number of nitrogens with zero attached hydrogens (tertiary/aromatic N) is 1. The number of hydrogen-bond donors (Lipinski definition) is 1. The van der Waals surface area contributed by atoms with E-state index in [1.807, 2.05) is 0 Å². The highest BCUT2D eigenvalue weighted by molar-refractivity contribution is 5.22. The van der Waals surface area contributed by atoms with Gasteiger partial charge in [-0.15, -0.1) is 0 Å². The molecule has 0 aromatic heterocycles. The SMILES string of the molecule is CCc1ccc(CN2CCC(OCCN)CC2)cc1. The molecule has 0 unspecified atom stereocenters. The number of benzene rings is 1. The smallest absolute Gasteiger partial charge is 0.0600 e. The van der Waals surface area contributed by atoms with Crippen molar-refractivity contribution in [2.24, 2.45) is 5.73 Å². The van der Waals surface area contributed by atoms with E-state index in [9.17, 15) is 0 Å². The van der Waals surface area contributed by atoms with Gasteiger partial charge in [-0.1, -0.05) is 31.2 Å². The van der Waals surface area contributed by atoms with Crippen LogP contribution in [0.5, 0.6) is 0 Å². The van der Waals surface area contributed by atoms with Gasteiger partial charge in [-0.05, 0) is 30.4 Å². The van der Waals surface area contributed by atoms with Gasteiger partial charge in [0.2, 0.25) is 0 Å². The molecule has 1 aliphatic rings. The Morgan fingerprint density at radius 3 is 2.37 bits per heavy atom. The summed E-state index contributed by atoms with van der Waals surface area (Å²) in [5.41, 5.74) is 8.29. The summed E-state index contributed by atoms with van der Waals surface area (Å²) in [7, 11) is 0. The molecular formula is C16H26N2O. The molecule has 106 valence electrons. The molecule has 1 saturated heterocycles. The van der Waals surface area contributed by atoms with E-state index in [-0.39, 0.29) is 0 Å². The second kappa shape index (κ2) is 7.63. The van der Waals surface area contributed by atoms with Crippen LogP contribution in [0.1, 0.15) is 30.9 Å². The van der Waals surface area contributed by atoms with Crippen LogP contribution in [0.25, 0.3) is 0 Å². The Hall–Kier alpha value is -0.900. The van der Waals surface area contributed by atoms with Gasteiger partial charge in [0.1, 0.15) is 0 Å². The van der Waals surface area contributed by atoms with E-state index in [0.29, 0.717) is 19.3 Å². The third kappa shape index (κ3) is 4.60. The number of ether oxygens (including phenoxy) is 1. The maximum Gasteiger partial charge on any atom is 0.0600 e. The molecule has 1 fully saturated rings. The van der Waals surface area contributed by atoms with Crippen molar-refractivity contribution in [3.05, 3.63) is 35.4 Å². The van der Waals surface area contributed by atoms with Crippen LogP contribution >= 0.6 is 0 Å². The van der Waals surface area contributed by atoms with E-state index < -0.39 is 0 Å². The topological polar surface area (TPSA) is 38.5 Å². The lowest BCUT2D eigenvalue weighted by Crippen LogP contribution is -2.37. The van der Waals surface area contributed by atoms with Crippen LogP contribution in [0.4, 0.5) is 0 Å². The summed E-state index contributed by atoms with van der Waals surface area (Å²) in [4.78, 5) is 2.52. The lowest BCUT2D eigenvalue weighted by Gasteiger charge is -2.31. The first-order valence-electron chi connectivity index (χ1n) is 7.43. The standard InChI is InChI=1S/C16H26N2O/c1-2-14-3-5-15(6-4-14)13-18-10-7-16(8-11-18)19-12-9-17/h3-6,16H,2,7-13,17H2,1H3. The van der Waals surface area contributed by atoms with Crippen molar-refractivity contribution < 1.29 is 4.74 Å². The number of rotatable bonds is 6. The highest BCUT2D eigenvalue weighted by atomic mass is 16.5. The van der Waals surface area contributed by atoms with Crippen molar-refractivity contribution in [1.29, 1.82) is 0 Å². The maximum absolute atomic E-state index is 5.71. The average Bonchev–Trinajstić information content (AvgIpc) is 2.47. The van der Waals surface area contributed by atoms with Crippen LogP contribution in [0, 0.1) is 0 Å². The molecule has 3 nitrogen and oxygen atoms in total. The van der Waals surface area contributed by atoms with E-state index in [0.717, 1.165) is 38.9 Å². The second-order valence-electron chi connectivity index (χ2n) is 5.31. The van der Waals surface area contributed by atoms with Crippen LogP contribution < -0.4 is 5.73 Å². The Morgan fingerprint density at radius 1 is 1.16 bits per heavy atom. The first-order chi connectivity index (χ1) is 9.31. The Labute approximate surface area is 116 Å². The minimum atomic E-state index is 0.419. The molecule has 0 spiro atoms. The summed E-state index contributed by atoms with van der Waals surface area (Å²) in [5, 5.41) is 0. The second-order valence-corrected chi connectivity index (χ2v) is 5.31. The van der Waals surface area contributed by atoms with E-state index in [1.54, 1.807) is 0 Å². The van der Waals surface area contributed by atoms with Crippen molar-refractivity contribution in [3.63, 3.8) is 0 Å². The minimum absolute atomic E-state index is 0.419. The average molecular weight is 262 g/mol. The van der Waals surface area contributed by atoms with Gasteiger partial charge in [0.05, 0.1) is 12.7 Å². The molecule has 0 amide bonds. The molecule has 1 aromatic carbocycles. The highest BCUT2D eigenvalue weighted by Crippen LogP contribution is 2.16. The van der Waals surface area contributed by atoms with Crippen LogP contribution in [-0.4, -0.2) is 37.2 Å². The molecular weight excluding hydrogens is 236 g/mol. The first kappa shape index (κ1) is 14.5. The van der Waals surface area contributed by atoms with Crippen molar-refractivity contribution in [1.82, 2.24) is 4.90 Å². The fourth-order valence-corrected chi connectivity index (χ4v) is 2.61. The van der Waals surface area contributed by atoms with Gasteiger partial charge >= 0.3 is 0 Å². The van der Waals surface area contributed by atoms with Crippen molar-refractivity contribution >= 4 is 0 Å².